The van der Waals surface area contributed by atoms with Crippen molar-refractivity contribution in [3.63, 3.8) is 0 Å². The van der Waals surface area contributed by atoms with E-state index in [-0.39, 0.29) is 17.5 Å². The minimum Gasteiger partial charge on any atom is -0.497 e. The van der Waals surface area contributed by atoms with Gasteiger partial charge in [-0.2, -0.15) is 0 Å². The van der Waals surface area contributed by atoms with Crippen LogP contribution in [-0.4, -0.2) is 62.0 Å². The Kier molecular flexibility index (Phi) is 7.69. The summed E-state index contributed by atoms with van der Waals surface area (Å²) in [4.78, 5) is 25.3. The molecule has 1 amide bonds. The molecule has 1 N–H and O–H groups in total. The van der Waals surface area contributed by atoms with E-state index in [2.05, 4.69) is 20.2 Å². The van der Waals surface area contributed by atoms with Gasteiger partial charge in [-0.3, -0.25) is 4.79 Å². The summed E-state index contributed by atoms with van der Waals surface area (Å²) in [6.07, 6.45) is 1.51. The maximum atomic E-state index is 14.1. The van der Waals surface area contributed by atoms with E-state index in [1.165, 1.54) is 24.2 Å². The molecule has 2 aromatic carbocycles. The Bertz CT molecular complexity index is 1120. The van der Waals surface area contributed by atoms with Gasteiger partial charge in [0.1, 0.15) is 34.5 Å². The number of carbonyl (C=O) groups is 1. The van der Waals surface area contributed by atoms with Crippen LogP contribution in [0.15, 0.2) is 59.9 Å². The van der Waals surface area contributed by atoms with Gasteiger partial charge in [-0.25, -0.2) is 14.4 Å². The number of methoxy groups -OCH3 is 2. The molecule has 2 heterocycles. The van der Waals surface area contributed by atoms with Crippen molar-refractivity contribution in [2.75, 3.05) is 61.3 Å². The predicted octanol–water partition coefficient (Wildman–Crippen LogP) is 3.69. The van der Waals surface area contributed by atoms with Gasteiger partial charge in [0.05, 0.1) is 25.7 Å². The predicted molar refractivity (Wildman–Crippen MR) is 132 cm³/mol. The van der Waals surface area contributed by atoms with E-state index in [0.29, 0.717) is 54.1 Å². The normalized spacial score (nSPS) is 13.5. The quantitative estimate of drug-likeness (QED) is 0.384. The number of para-hydroxylation sites is 1. The molecule has 0 atom stereocenters. The topological polar surface area (TPSA) is 79.8 Å². The third-order valence-corrected chi connectivity index (χ3v) is 6.34. The standard InChI is InChI=1S/C24H26FN5O3S/c1-32-18-11-17(12-19(13-18)33-2)28-23(31)15-34-24-14-22(26-16-27-24)30-9-7-29(8-10-30)21-6-4-3-5-20(21)25/h3-6,11-14,16H,7-10,15H2,1-2H3,(H,28,31). The SMILES string of the molecule is COc1cc(NC(=O)CSc2cc(N3CCN(c4ccccc4F)CC3)ncn2)cc(OC)c1. The van der Waals surface area contributed by atoms with Gasteiger partial charge in [-0.15, -0.1) is 0 Å². The lowest BCUT2D eigenvalue weighted by molar-refractivity contribution is -0.113. The molecule has 4 rings (SSSR count). The number of hydrogen-bond donors (Lipinski definition) is 1. The monoisotopic (exact) mass is 483 g/mol. The molecule has 10 heteroatoms. The van der Waals surface area contributed by atoms with E-state index in [4.69, 9.17) is 9.47 Å². The maximum absolute atomic E-state index is 14.1. The van der Waals surface area contributed by atoms with Crippen LogP contribution in [0.25, 0.3) is 0 Å². The number of aromatic nitrogens is 2. The average molecular weight is 484 g/mol. The second kappa shape index (κ2) is 11.1. The summed E-state index contributed by atoms with van der Waals surface area (Å²) in [5.41, 5.74) is 1.22. The van der Waals surface area contributed by atoms with Crippen LogP contribution in [0.3, 0.4) is 0 Å². The molecule has 178 valence electrons. The first-order valence-electron chi connectivity index (χ1n) is 10.8. The Hall–Kier alpha value is -3.53. The van der Waals surface area contributed by atoms with E-state index in [1.807, 2.05) is 17.0 Å². The number of thioether (sulfide) groups is 1. The Morgan fingerprint density at radius 1 is 1.00 bits per heavy atom. The van der Waals surface area contributed by atoms with Crippen molar-refractivity contribution in [2.45, 2.75) is 5.03 Å². The minimum atomic E-state index is -0.206. The summed E-state index contributed by atoms with van der Waals surface area (Å²) in [5, 5.41) is 3.56. The number of ether oxygens (including phenoxy) is 2. The van der Waals surface area contributed by atoms with Gasteiger partial charge < -0.3 is 24.6 Å². The van der Waals surface area contributed by atoms with Gasteiger partial charge in [-0.1, -0.05) is 23.9 Å². The largest absolute Gasteiger partial charge is 0.497 e. The lowest BCUT2D eigenvalue weighted by Crippen LogP contribution is -2.47. The smallest absolute Gasteiger partial charge is 0.234 e. The van der Waals surface area contributed by atoms with Crippen molar-refractivity contribution in [3.05, 3.63) is 60.7 Å². The lowest BCUT2D eigenvalue weighted by atomic mass is 10.2. The Morgan fingerprint density at radius 3 is 2.35 bits per heavy atom. The summed E-state index contributed by atoms with van der Waals surface area (Å²) in [6.45, 7) is 2.82. The minimum absolute atomic E-state index is 0.168. The Morgan fingerprint density at radius 2 is 1.68 bits per heavy atom. The third kappa shape index (κ3) is 5.88. The fourth-order valence-electron chi connectivity index (χ4n) is 3.68. The van der Waals surface area contributed by atoms with E-state index >= 15 is 0 Å². The number of nitrogens with zero attached hydrogens (tertiary/aromatic N) is 4. The van der Waals surface area contributed by atoms with Gasteiger partial charge in [0.15, 0.2) is 0 Å². The molecular formula is C24H26FN5O3S. The number of benzene rings is 2. The van der Waals surface area contributed by atoms with Gasteiger partial charge in [-0.05, 0) is 12.1 Å². The van der Waals surface area contributed by atoms with E-state index in [1.54, 1.807) is 44.6 Å². The summed E-state index contributed by atoms with van der Waals surface area (Å²) in [7, 11) is 3.12. The molecule has 0 radical (unpaired) electrons. The summed E-state index contributed by atoms with van der Waals surface area (Å²) < 4.78 is 24.6. The number of hydrogen-bond acceptors (Lipinski definition) is 8. The highest BCUT2D eigenvalue weighted by atomic mass is 32.2. The fraction of sp³-hybridized carbons (Fsp3) is 0.292. The van der Waals surface area contributed by atoms with E-state index in [9.17, 15) is 9.18 Å². The second-order valence-electron chi connectivity index (χ2n) is 7.58. The van der Waals surface area contributed by atoms with Crippen LogP contribution < -0.4 is 24.6 Å². The first-order valence-corrected chi connectivity index (χ1v) is 11.8. The molecule has 34 heavy (non-hydrogen) atoms. The van der Waals surface area contributed by atoms with Crippen LogP contribution in [0.1, 0.15) is 0 Å². The van der Waals surface area contributed by atoms with Crippen LogP contribution in [0.2, 0.25) is 0 Å². The zero-order valence-electron chi connectivity index (χ0n) is 19.0. The van der Waals surface area contributed by atoms with E-state index in [0.717, 1.165) is 5.82 Å². The second-order valence-corrected chi connectivity index (χ2v) is 8.57. The van der Waals surface area contributed by atoms with Crippen molar-refractivity contribution in [3.8, 4) is 11.5 Å². The first kappa shape index (κ1) is 23.6. The Balaban J connectivity index is 1.32. The van der Waals surface area contributed by atoms with Crippen LogP contribution in [0.5, 0.6) is 11.5 Å². The van der Waals surface area contributed by atoms with Crippen molar-refractivity contribution in [2.24, 2.45) is 0 Å². The zero-order chi connectivity index (χ0) is 23.9. The number of amides is 1. The number of piperazine rings is 1. The molecule has 1 aliphatic rings. The van der Waals surface area contributed by atoms with Crippen LogP contribution in [-0.2, 0) is 4.79 Å². The molecule has 3 aromatic rings. The highest BCUT2D eigenvalue weighted by Gasteiger charge is 2.20. The van der Waals surface area contributed by atoms with Crippen LogP contribution in [0, 0.1) is 5.82 Å². The maximum Gasteiger partial charge on any atom is 0.234 e. The highest BCUT2D eigenvalue weighted by Crippen LogP contribution is 2.27. The number of halogens is 1. The Labute approximate surface area is 202 Å². The fourth-order valence-corrected chi connectivity index (χ4v) is 4.34. The molecule has 8 nitrogen and oxygen atoms in total. The molecule has 0 spiro atoms. The van der Waals surface area contributed by atoms with Crippen LogP contribution in [0.4, 0.5) is 21.6 Å². The van der Waals surface area contributed by atoms with Crippen molar-refractivity contribution in [1.29, 1.82) is 0 Å². The zero-order valence-corrected chi connectivity index (χ0v) is 19.8. The summed E-state index contributed by atoms with van der Waals surface area (Å²) >= 11 is 1.33. The number of carbonyl (C=O) groups excluding carboxylic acids is 1. The summed E-state index contributed by atoms with van der Waals surface area (Å²) in [5.74, 6) is 1.80. The highest BCUT2D eigenvalue weighted by molar-refractivity contribution is 7.99. The van der Waals surface area contributed by atoms with E-state index < -0.39 is 0 Å². The summed E-state index contributed by atoms with van der Waals surface area (Å²) in [6, 6.07) is 13.9. The third-order valence-electron chi connectivity index (χ3n) is 5.41. The molecule has 1 fully saturated rings. The van der Waals surface area contributed by atoms with Crippen molar-refractivity contribution in [1.82, 2.24) is 9.97 Å². The molecule has 0 unspecified atom stereocenters. The average Bonchev–Trinajstić information content (AvgIpc) is 2.88. The van der Waals surface area contributed by atoms with Gasteiger partial charge in [0.25, 0.3) is 0 Å². The molecule has 1 saturated heterocycles. The van der Waals surface area contributed by atoms with Gasteiger partial charge in [0, 0.05) is 56.1 Å². The lowest BCUT2D eigenvalue weighted by Gasteiger charge is -2.36. The van der Waals surface area contributed by atoms with Crippen LogP contribution >= 0.6 is 11.8 Å². The molecule has 1 aromatic heterocycles. The number of nitrogens with one attached hydrogen (secondary N) is 1. The van der Waals surface area contributed by atoms with Crippen molar-refractivity contribution < 1.29 is 18.7 Å². The molecule has 0 bridgehead atoms. The van der Waals surface area contributed by atoms with Crippen molar-refractivity contribution >= 4 is 34.9 Å². The molecule has 1 aliphatic heterocycles. The van der Waals surface area contributed by atoms with Gasteiger partial charge >= 0.3 is 0 Å². The van der Waals surface area contributed by atoms with Gasteiger partial charge in [0.2, 0.25) is 5.91 Å². The molecule has 0 saturated carbocycles. The molecular weight excluding hydrogens is 457 g/mol. The first-order chi connectivity index (χ1) is 16.6. The molecule has 0 aliphatic carbocycles. The number of anilines is 3. The number of rotatable bonds is 8.